The van der Waals surface area contributed by atoms with Gasteiger partial charge < -0.3 is 5.32 Å². The third-order valence-electron chi connectivity index (χ3n) is 3.97. The Bertz CT molecular complexity index is 850. The van der Waals surface area contributed by atoms with Crippen LogP contribution in [0.3, 0.4) is 0 Å². The van der Waals surface area contributed by atoms with Gasteiger partial charge >= 0.3 is 6.03 Å². The molecule has 25 heavy (non-hydrogen) atoms. The summed E-state index contributed by atoms with van der Waals surface area (Å²) in [5.74, 6) is 0.0914. The SMILES string of the molecule is CCS(=O)(=O)N1CCc2nc(NC(=O)NCc3ccccc3)sc2C1. The molecular weight excluding hydrogens is 360 g/mol. The molecule has 2 heterocycles. The molecule has 0 spiro atoms. The number of aromatic nitrogens is 1. The topological polar surface area (TPSA) is 91.4 Å². The van der Waals surface area contributed by atoms with Crippen molar-refractivity contribution < 1.29 is 13.2 Å². The van der Waals surface area contributed by atoms with Crippen LogP contribution in [-0.2, 0) is 29.5 Å². The first kappa shape index (κ1) is 17.8. The van der Waals surface area contributed by atoms with Crippen molar-refractivity contribution >= 4 is 32.5 Å². The van der Waals surface area contributed by atoms with Gasteiger partial charge in [0, 0.05) is 30.9 Å². The van der Waals surface area contributed by atoms with E-state index in [0.29, 0.717) is 31.2 Å². The van der Waals surface area contributed by atoms with E-state index in [0.717, 1.165) is 16.1 Å². The van der Waals surface area contributed by atoms with Gasteiger partial charge in [-0.15, -0.1) is 0 Å². The van der Waals surface area contributed by atoms with E-state index in [2.05, 4.69) is 15.6 Å². The Kier molecular flexibility index (Phi) is 5.36. The van der Waals surface area contributed by atoms with Crippen molar-refractivity contribution in [3.8, 4) is 0 Å². The van der Waals surface area contributed by atoms with E-state index >= 15 is 0 Å². The van der Waals surface area contributed by atoms with Gasteiger partial charge in [-0.25, -0.2) is 18.2 Å². The summed E-state index contributed by atoms with van der Waals surface area (Å²) in [4.78, 5) is 17.3. The van der Waals surface area contributed by atoms with Crippen LogP contribution in [0.2, 0.25) is 0 Å². The lowest BCUT2D eigenvalue weighted by Gasteiger charge is -2.24. The van der Waals surface area contributed by atoms with Gasteiger partial charge in [0.25, 0.3) is 0 Å². The van der Waals surface area contributed by atoms with Crippen LogP contribution in [0.25, 0.3) is 0 Å². The Morgan fingerprint density at radius 1 is 1.32 bits per heavy atom. The highest BCUT2D eigenvalue weighted by Gasteiger charge is 2.28. The average Bonchev–Trinajstić information content (AvgIpc) is 3.02. The van der Waals surface area contributed by atoms with Crippen LogP contribution in [-0.4, -0.2) is 36.0 Å². The number of hydrogen-bond donors (Lipinski definition) is 2. The minimum atomic E-state index is -3.20. The highest BCUT2D eigenvalue weighted by atomic mass is 32.2. The number of fused-ring (bicyclic) bond motifs is 1. The number of amides is 2. The second-order valence-corrected chi connectivity index (χ2v) is 9.01. The number of nitrogens with one attached hydrogen (secondary N) is 2. The van der Waals surface area contributed by atoms with E-state index in [-0.39, 0.29) is 11.8 Å². The number of anilines is 1. The molecule has 0 fully saturated rings. The number of carbonyl (C=O) groups is 1. The minimum Gasteiger partial charge on any atom is -0.334 e. The number of hydrogen-bond acceptors (Lipinski definition) is 5. The molecule has 7 nitrogen and oxygen atoms in total. The highest BCUT2D eigenvalue weighted by Crippen LogP contribution is 2.29. The van der Waals surface area contributed by atoms with Crippen LogP contribution in [0.15, 0.2) is 30.3 Å². The zero-order chi connectivity index (χ0) is 17.9. The smallest absolute Gasteiger partial charge is 0.321 e. The molecule has 1 aromatic heterocycles. The molecular formula is C16H20N4O3S2. The van der Waals surface area contributed by atoms with E-state index < -0.39 is 10.0 Å². The van der Waals surface area contributed by atoms with Crippen LogP contribution >= 0.6 is 11.3 Å². The fourth-order valence-electron chi connectivity index (χ4n) is 2.57. The van der Waals surface area contributed by atoms with Crippen molar-refractivity contribution in [3.05, 3.63) is 46.5 Å². The Hall–Kier alpha value is -1.97. The molecule has 2 amide bonds. The molecule has 0 aliphatic carbocycles. The fourth-order valence-corrected chi connectivity index (χ4v) is 4.73. The Morgan fingerprint density at radius 3 is 2.80 bits per heavy atom. The lowest BCUT2D eigenvalue weighted by atomic mass is 10.2. The normalized spacial score (nSPS) is 14.8. The number of carbonyl (C=O) groups excluding carboxylic acids is 1. The molecule has 0 unspecified atom stereocenters. The molecule has 0 atom stereocenters. The lowest BCUT2D eigenvalue weighted by molar-refractivity contribution is 0.251. The van der Waals surface area contributed by atoms with Crippen molar-refractivity contribution in [2.24, 2.45) is 0 Å². The second kappa shape index (κ2) is 7.51. The molecule has 1 aromatic carbocycles. The monoisotopic (exact) mass is 380 g/mol. The predicted molar refractivity (Wildman–Crippen MR) is 98.0 cm³/mol. The van der Waals surface area contributed by atoms with Crippen molar-refractivity contribution in [3.63, 3.8) is 0 Å². The summed E-state index contributed by atoms with van der Waals surface area (Å²) in [5.41, 5.74) is 1.88. The van der Waals surface area contributed by atoms with Gasteiger partial charge in [0.05, 0.1) is 11.4 Å². The standard InChI is InChI=1S/C16H20N4O3S2/c1-2-25(22,23)20-9-8-13-14(11-20)24-16(18-13)19-15(21)17-10-12-6-4-3-5-7-12/h3-7H,2,8-11H2,1H3,(H2,17,18,19,21). The number of sulfonamides is 1. The fraction of sp³-hybridized carbons (Fsp3) is 0.375. The maximum absolute atomic E-state index is 12.0. The Balaban J connectivity index is 1.59. The van der Waals surface area contributed by atoms with Gasteiger partial charge in [-0.2, -0.15) is 4.31 Å². The maximum atomic E-state index is 12.0. The van der Waals surface area contributed by atoms with Crippen LogP contribution in [0.4, 0.5) is 9.93 Å². The van der Waals surface area contributed by atoms with Crippen molar-refractivity contribution in [1.82, 2.24) is 14.6 Å². The summed E-state index contributed by atoms with van der Waals surface area (Å²) in [6.07, 6.45) is 0.568. The van der Waals surface area contributed by atoms with Gasteiger partial charge in [-0.05, 0) is 12.5 Å². The van der Waals surface area contributed by atoms with Crippen molar-refractivity contribution in [2.75, 3.05) is 17.6 Å². The number of nitrogens with zero attached hydrogens (tertiary/aromatic N) is 2. The molecule has 2 aromatic rings. The number of thiazole rings is 1. The predicted octanol–water partition coefficient (Wildman–Crippen LogP) is 2.17. The summed E-state index contributed by atoms with van der Waals surface area (Å²) in [5, 5.41) is 6.00. The van der Waals surface area contributed by atoms with Crippen LogP contribution in [0, 0.1) is 0 Å². The Labute approximate surface area is 151 Å². The van der Waals surface area contributed by atoms with Crippen molar-refractivity contribution in [2.45, 2.75) is 26.4 Å². The van der Waals surface area contributed by atoms with E-state index in [1.165, 1.54) is 15.6 Å². The molecule has 3 rings (SSSR count). The summed E-state index contributed by atoms with van der Waals surface area (Å²) >= 11 is 1.33. The maximum Gasteiger partial charge on any atom is 0.321 e. The van der Waals surface area contributed by atoms with E-state index in [9.17, 15) is 13.2 Å². The first-order chi connectivity index (χ1) is 12.0. The third kappa shape index (κ3) is 4.36. The molecule has 0 radical (unpaired) electrons. The van der Waals surface area contributed by atoms with E-state index in [1.54, 1.807) is 6.92 Å². The summed E-state index contributed by atoms with van der Waals surface area (Å²) in [7, 11) is -3.20. The van der Waals surface area contributed by atoms with Gasteiger partial charge in [-0.3, -0.25) is 5.32 Å². The van der Waals surface area contributed by atoms with Crippen LogP contribution < -0.4 is 10.6 Å². The minimum absolute atomic E-state index is 0.0914. The molecule has 1 aliphatic heterocycles. The molecule has 2 N–H and O–H groups in total. The quantitative estimate of drug-likeness (QED) is 0.832. The molecule has 0 bridgehead atoms. The van der Waals surface area contributed by atoms with Gasteiger partial charge in [0.15, 0.2) is 5.13 Å². The Morgan fingerprint density at radius 2 is 2.08 bits per heavy atom. The number of urea groups is 1. The van der Waals surface area contributed by atoms with Gasteiger partial charge in [-0.1, -0.05) is 41.7 Å². The molecule has 0 saturated heterocycles. The number of benzene rings is 1. The lowest BCUT2D eigenvalue weighted by Crippen LogP contribution is -2.36. The van der Waals surface area contributed by atoms with Crippen molar-refractivity contribution in [1.29, 1.82) is 0 Å². The number of rotatable bonds is 5. The van der Waals surface area contributed by atoms with E-state index in [4.69, 9.17) is 0 Å². The molecule has 1 aliphatic rings. The van der Waals surface area contributed by atoms with Gasteiger partial charge in [0.2, 0.25) is 10.0 Å². The van der Waals surface area contributed by atoms with E-state index in [1.807, 2.05) is 30.3 Å². The zero-order valence-corrected chi connectivity index (χ0v) is 15.5. The summed E-state index contributed by atoms with van der Waals surface area (Å²) in [6.45, 7) is 2.84. The largest absolute Gasteiger partial charge is 0.334 e. The second-order valence-electron chi connectivity index (χ2n) is 5.67. The zero-order valence-electron chi connectivity index (χ0n) is 13.9. The summed E-state index contributed by atoms with van der Waals surface area (Å²) in [6, 6.07) is 9.30. The third-order valence-corrected chi connectivity index (χ3v) is 6.80. The van der Waals surface area contributed by atoms with Gasteiger partial charge in [0.1, 0.15) is 0 Å². The molecule has 134 valence electrons. The average molecular weight is 380 g/mol. The van der Waals surface area contributed by atoms with Crippen LogP contribution in [0.1, 0.15) is 23.1 Å². The molecule has 9 heteroatoms. The first-order valence-corrected chi connectivity index (χ1v) is 10.5. The highest BCUT2D eigenvalue weighted by molar-refractivity contribution is 7.89. The summed E-state index contributed by atoms with van der Waals surface area (Å²) < 4.78 is 25.5. The molecule has 0 saturated carbocycles. The first-order valence-electron chi connectivity index (χ1n) is 8.03. The van der Waals surface area contributed by atoms with Crippen LogP contribution in [0.5, 0.6) is 0 Å².